The molecule has 0 radical (unpaired) electrons. The van der Waals surface area contributed by atoms with Gasteiger partial charge in [0.25, 0.3) is 5.56 Å². The van der Waals surface area contributed by atoms with Gasteiger partial charge in [-0.25, -0.2) is 9.78 Å². The van der Waals surface area contributed by atoms with Crippen LogP contribution in [0.1, 0.15) is 19.4 Å². The first kappa shape index (κ1) is 22.5. The van der Waals surface area contributed by atoms with Gasteiger partial charge in [0, 0.05) is 17.6 Å². The lowest BCUT2D eigenvalue weighted by Gasteiger charge is -2.26. The molecule has 4 N–H and O–H groups in total. The number of ether oxygens (including phenoxy) is 2. The summed E-state index contributed by atoms with van der Waals surface area (Å²) in [6.07, 6.45) is -0.514. The number of para-hydroxylation sites is 1. The standard InChI is InChI=1S/C21H24BN3O6/c1-21(2,31-12-11-23-20(27)30-3)14-9-7-13(8-10-14)18-24-17-15(19(26)25-18)5-4-6-16(17)22(28)29/h4-10,28-29H,11-12H2,1-3H3,(H,23,27)(H,24,25,26). The van der Waals surface area contributed by atoms with Crippen LogP contribution in [0.25, 0.3) is 22.3 Å². The van der Waals surface area contributed by atoms with E-state index in [4.69, 9.17) is 4.74 Å². The van der Waals surface area contributed by atoms with Gasteiger partial charge in [-0.3, -0.25) is 4.79 Å². The van der Waals surface area contributed by atoms with Crippen LogP contribution in [-0.4, -0.2) is 53.5 Å². The van der Waals surface area contributed by atoms with Gasteiger partial charge in [0.05, 0.1) is 30.2 Å². The van der Waals surface area contributed by atoms with E-state index in [1.165, 1.54) is 13.2 Å². The van der Waals surface area contributed by atoms with Crippen molar-refractivity contribution in [3.05, 3.63) is 58.4 Å². The van der Waals surface area contributed by atoms with Crippen LogP contribution in [0.2, 0.25) is 0 Å². The SMILES string of the molecule is COC(=O)NCCOC(C)(C)c1ccc(-c2nc3c(B(O)O)cccc3c(=O)[nH]2)cc1. The van der Waals surface area contributed by atoms with E-state index in [0.29, 0.717) is 24.5 Å². The molecule has 0 unspecified atom stereocenters. The van der Waals surface area contributed by atoms with Crippen LogP contribution in [0.5, 0.6) is 0 Å². The Hall–Kier alpha value is -3.21. The van der Waals surface area contributed by atoms with E-state index in [9.17, 15) is 19.6 Å². The smallest absolute Gasteiger partial charge is 0.453 e. The molecule has 0 aliphatic heterocycles. The van der Waals surface area contributed by atoms with Crippen molar-refractivity contribution < 1.29 is 24.3 Å². The molecule has 0 saturated heterocycles. The van der Waals surface area contributed by atoms with Crippen LogP contribution in [0.15, 0.2) is 47.3 Å². The van der Waals surface area contributed by atoms with E-state index in [2.05, 4.69) is 20.0 Å². The summed E-state index contributed by atoms with van der Waals surface area (Å²) >= 11 is 0. The molecule has 0 aliphatic carbocycles. The number of hydrogen-bond acceptors (Lipinski definition) is 7. The van der Waals surface area contributed by atoms with Crippen molar-refractivity contribution in [3.8, 4) is 11.4 Å². The van der Waals surface area contributed by atoms with Crippen LogP contribution in [-0.2, 0) is 15.1 Å². The number of H-pyrrole nitrogens is 1. The molecule has 1 amide bonds. The van der Waals surface area contributed by atoms with Crippen molar-refractivity contribution in [2.75, 3.05) is 20.3 Å². The molecule has 9 nitrogen and oxygen atoms in total. The number of nitrogens with zero attached hydrogens (tertiary/aromatic N) is 1. The van der Waals surface area contributed by atoms with E-state index >= 15 is 0 Å². The summed E-state index contributed by atoms with van der Waals surface area (Å²) in [5.41, 5.74) is 0.971. The second-order valence-corrected chi connectivity index (χ2v) is 7.39. The van der Waals surface area contributed by atoms with Crippen molar-refractivity contribution >= 4 is 29.6 Å². The molecule has 0 saturated carbocycles. The number of carbonyl (C=O) groups excluding carboxylic acids is 1. The highest BCUT2D eigenvalue weighted by molar-refractivity contribution is 6.61. The van der Waals surface area contributed by atoms with Crippen LogP contribution < -0.4 is 16.3 Å². The number of aromatic nitrogens is 2. The van der Waals surface area contributed by atoms with Gasteiger partial charge in [0.2, 0.25) is 0 Å². The monoisotopic (exact) mass is 425 g/mol. The number of nitrogens with one attached hydrogen (secondary N) is 2. The van der Waals surface area contributed by atoms with Gasteiger partial charge < -0.3 is 29.8 Å². The molecule has 3 aromatic rings. The zero-order valence-corrected chi connectivity index (χ0v) is 17.5. The minimum Gasteiger partial charge on any atom is -0.453 e. The average molecular weight is 425 g/mol. The maximum Gasteiger partial charge on any atom is 0.490 e. The van der Waals surface area contributed by atoms with Crippen LogP contribution in [0.4, 0.5) is 4.79 Å². The molecule has 1 heterocycles. The van der Waals surface area contributed by atoms with E-state index < -0.39 is 18.8 Å². The highest BCUT2D eigenvalue weighted by atomic mass is 16.5. The molecule has 1 aromatic heterocycles. The normalized spacial score (nSPS) is 11.4. The van der Waals surface area contributed by atoms with Gasteiger partial charge >= 0.3 is 13.2 Å². The van der Waals surface area contributed by atoms with Gasteiger partial charge in [-0.1, -0.05) is 36.4 Å². The number of aromatic amines is 1. The average Bonchev–Trinajstić information content (AvgIpc) is 2.76. The van der Waals surface area contributed by atoms with Crippen LogP contribution in [0, 0.1) is 0 Å². The van der Waals surface area contributed by atoms with Gasteiger partial charge in [-0.15, -0.1) is 0 Å². The molecule has 0 fully saturated rings. The quantitative estimate of drug-likeness (QED) is 0.326. The predicted molar refractivity (Wildman–Crippen MR) is 117 cm³/mol. The summed E-state index contributed by atoms with van der Waals surface area (Å²) in [5, 5.41) is 22.0. The predicted octanol–water partition coefficient (Wildman–Crippen LogP) is 0.878. The number of alkyl carbamates (subject to hydrolysis) is 1. The first-order chi connectivity index (χ1) is 14.7. The second-order valence-electron chi connectivity index (χ2n) is 7.39. The van der Waals surface area contributed by atoms with Gasteiger partial charge in [0.1, 0.15) is 5.82 Å². The summed E-state index contributed by atoms with van der Waals surface area (Å²) in [6, 6.07) is 12.0. The molecular weight excluding hydrogens is 401 g/mol. The third-order valence-electron chi connectivity index (χ3n) is 4.92. The molecule has 10 heteroatoms. The first-order valence-electron chi connectivity index (χ1n) is 9.68. The lowest BCUT2D eigenvalue weighted by Crippen LogP contribution is -2.32. The Balaban J connectivity index is 1.82. The van der Waals surface area contributed by atoms with Crippen LogP contribution >= 0.6 is 0 Å². The maximum absolute atomic E-state index is 12.5. The Labute approximate surface area is 179 Å². The molecule has 0 aliphatic rings. The molecule has 2 aromatic carbocycles. The highest BCUT2D eigenvalue weighted by Gasteiger charge is 2.22. The highest BCUT2D eigenvalue weighted by Crippen LogP contribution is 2.26. The summed E-state index contributed by atoms with van der Waals surface area (Å²) in [5.74, 6) is 0.318. The molecular formula is C21H24BN3O6. The Morgan fingerprint density at radius 3 is 2.55 bits per heavy atom. The summed E-state index contributed by atoms with van der Waals surface area (Å²) < 4.78 is 10.4. The fraction of sp³-hybridized carbons (Fsp3) is 0.286. The fourth-order valence-electron chi connectivity index (χ4n) is 3.17. The lowest BCUT2D eigenvalue weighted by atomic mass is 9.79. The second kappa shape index (κ2) is 9.30. The zero-order valence-electron chi connectivity index (χ0n) is 17.5. The Morgan fingerprint density at radius 2 is 1.90 bits per heavy atom. The minimum absolute atomic E-state index is 0.163. The van der Waals surface area contributed by atoms with Crippen molar-refractivity contribution in [3.63, 3.8) is 0 Å². The number of amides is 1. The number of hydrogen-bond donors (Lipinski definition) is 4. The Kier molecular flexibility index (Phi) is 6.74. The Morgan fingerprint density at radius 1 is 1.19 bits per heavy atom. The molecule has 3 rings (SSSR count). The van der Waals surface area contributed by atoms with E-state index in [0.717, 1.165) is 5.56 Å². The fourth-order valence-corrected chi connectivity index (χ4v) is 3.17. The molecule has 0 spiro atoms. The summed E-state index contributed by atoms with van der Waals surface area (Å²) in [6.45, 7) is 4.43. The van der Waals surface area contributed by atoms with Gasteiger partial charge in [-0.2, -0.15) is 0 Å². The van der Waals surface area contributed by atoms with E-state index in [1.54, 1.807) is 24.3 Å². The third-order valence-corrected chi connectivity index (χ3v) is 4.92. The molecule has 0 bridgehead atoms. The van der Waals surface area contributed by atoms with Gasteiger partial charge in [-0.05, 0) is 25.5 Å². The van der Waals surface area contributed by atoms with Crippen molar-refractivity contribution in [1.29, 1.82) is 0 Å². The largest absolute Gasteiger partial charge is 0.490 e. The number of methoxy groups -OCH3 is 1. The molecule has 31 heavy (non-hydrogen) atoms. The number of carbonyl (C=O) groups is 1. The van der Waals surface area contributed by atoms with E-state index in [-0.39, 0.29) is 21.9 Å². The minimum atomic E-state index is -1.74. The first-order valence-corrected chi connectivity index (χ1v) is 9.68. The summed E-state index contributed by atoms with van der Waals surface area (Å²) in [7, 11) is -0.439. The van der Waals surface area contributed by atoms with Crippen LogP contribution in [0.3, 0.4) is 0 Å². The molecule has 162 valence electrons. The Bertz CT molecular complexity index is 1130. The third kappa shape index (κ3) is 5.11. The van der Waals surface area contributed by atoms with Crippen molar-refractivity contribution in [2.45, 2.75) is 19.4 Å². The maximum atomic E-state index is 12.5. The van der Waals surface area contributed by atoms with Crippen molar-refractivity contribution in [1.82, 2.24) is 15.3 Å². The summed E-state index contributed by atoms with van der Waals surface area (Å²) in [4.78, 5) is 30.7. The van der Waals surface area contributed by atoms with Gasteiger partial charge in [0.15, 0.2) is 0 Å². The van der Waals surface area contributed by atoms with Crippen molar-refractivity contribution in [2.24, 2.45) is 0 Å². The lowest BCUT2D eigenvalue weighted by molar-refractivity contribution is -0.0195. The number of rotatable bonds is 7. The van der Waals surface area contributed by atoms with E-state index in [1.807, 2.05) is 26.0 Å². The molecule has 0 atom stereocenters. The topological polar surface area (TPSA) is 134 Å². The number of fused-ring (bicyclic) bond motifs is 1. The number of benzene rings is 2. The zero-order chi connectivity index (χ0) is 22.6.